The normalized spacial score (nSPS) is 20.8. The molecule has 0 aromatic heterocycles. The Morgan fingerprint density at radius 3 is 2.08 bits per heavy atom. The number of hydrogen-bond acceptors (Lipinski definition) is 5. The molecule has 40 heavy (non-hydrogen) atoms. The number of fused-ring (bicyclic) bond motifs is 2. The van der Waals surface area contributed by atoms with E-state index in [1.165, 1.54) is 0 Å². The van der Waals surface area contributed by atoms with Crippen molar-refractivity contribution in [2.75, 3.05) is 18.0 Å². The van der Waals surface area contributed by atoms with E-state index in [-0.39, 0.29) is 33.8 Å². The fraction of sp³-hybridized carbons (Fsp3) is 0.312. The van der Waals surface area contributed by atoms with E-state index in [9.17, 15) is 29.7 Å². The van der Waals surface area contributed by atoms with E-state index in [1.54, 1.807) is 48.6 Å². The zero-order chi connectivity index (χ0) is 29.3. The summed E-state index contributed by atoms with van der Waals surface area (Å²) in [6, 6.07) is 10.00. The quantitative estimate of drug-likeness (QED) is 0.414. The molecule has 1 aliphatic carbocycles. The number of hydrogen-bond donors (Lipinski definition) is 2. The summed E-state index contributed by atoms with van der Waals surface area (Å²) in [7, 11) is 0. The molecule has 0 unspecified atom stereocenters. The van der Waals surface area contributed by atoms with E-state index in [0.717, 1.165) is 33.9 Å². The summed E-state index contributed by atoms with van der Waals surface area (Å²) in [5, 5.41) is 32.4. The van der Waals surface area contributed by atoms with Crippen LogP contribution in [-0.2, 0) is 15.6 Å². The highest BCUT2D eigenvalue weighted by Gasteiger charge is 2.46. The number of anilines is 1. The number of carbonyl (C=O) groups excluding carboxylic acids is 1. The van der Waals surface area contributed by atoms with E-state index in [2.05, 4.69) is 0 Å². The van der Waals surface area contributed by atoms with Gasteiger partial charge in [-0.15, -0.1) is 0 Å². The van der Waals surface area contributed by atoms with Gasteiger partial charge < -0.3 is 20.2 Å². The molecule has 0 fully saturated rings. The fourth-order valence-corrected chi connectivity index (χ4v) is 6.19. The number of aromatic carboxylic acids is 2. The fourth-order valence-electron chi connectivity index (χ4n) is 6.19. The van der Waals surface area contributed by atoms with Gasteiger partial charge in [-0.05, 0) is 69.7 Å². The highest BCUT2D eigenvalue weighted by Crippen LogP contribution is 2.49. The van der Waals surface area contributed by atoms with Gasteiger partial charge in [-0.2, -0.15) is 4.58 Å². The Hall–Kier alpha value is -4.46. The number of Topliss-reactive ketones (excluding diaryl/α,β-unsaturated/α-hetero) is 1. The number of carboxylic acids is 2. The number of ketones is 1. The average Bonchev–Trinajstić information content (AvgIpc) is 3.26. The maximum atomic E-state index is 13.4. The Bertz CT molecular complexity index is 1650. The molecule has 0 bridgehead atoms. The largest absolute Gasteiger partial charge is 0.871 e. The molecule has 8 nitrogen and oxygen atoms in total. The number of rotatable bonds is 6. The van der Waals surface area contributed by atoms with Crippen LogP contribution in [-0.4, -0.2) is 51.3 Å². The minimum atomic E-state index is -1.01. The van der Waals surface area contributed by atoms with E-state index in [1.807, 2.05) is 51.0 Å². The van der Waals surface area contributed by atoms with Gasteiger partial charge in [-0.1, -0.05) is 19.6 Å². The monoisotopic (exact) mass is 540 g/mol. The third kappa shape index (κ3) is 3.73. The summed E-state index contributed by atoms with van der Waals surface area (Å²) in [6.07, 6.45) is 3.31. The molecule has 0 saturated heterocycles. The molecule has 2 heterocycles. The van der Waals surface area contributed by atoms with Crippen molar-refractivity contribution in [1.29, 1.82) is 0 Å². The van der Waals surface area contributed by atoms with E-state index >= 15 is 0 Å². The SMILES string of the molecule is CCN1/C(=C\C2=C([O-])C(=C\C3=[N+](CC)c4ccc(C(=O)O)cc4C3(C)C)/C2=O)C(C)(C)c2cc(C(=O)O)ccc21. The average molecular weight is 541 g/mol. The minimum Gasteiger partial charge on any atom is -0.871 e. The molecule has 2 aromatic rings. The molecular weight excluding hydrogens is 508 g/mol. The van der Waals surface area contributed by atoms with E-state index < -0.39 is 22.8 Å². The van der Waals surface area contributed by atoms with E-state index in [0.29, 0.717) is 13.1 Å². The summed E-state index contributed by atoms with van der Waals surface area (Å²) in [5.74, 6) is -2.70. The molecule has 0 atom stereocenters. The van der Waals surface area contributed by atoms with Crippen LogP contribution in [0.15, 0.2) is 71.2 Å². The molecule has 8 heteroatoms. The van der Waals surface area contributed by atoms with Crippen LogP contribution in [0.5, 0.6) is 0 Å². The van der Waals surface area contributed by atoms with Crippen molar-refractivity contribution >= 4 is 34.8 Å². The summed E-state index contributed by atoms with van der Waals surface area (Å²) in [5.41, 5.74) is 4.25. The summed E-state index contributed by atoms with van der Waals surface area (Å²) < 4.78 is 2.01. The van der Waals surface area contributed by atoms with Gasteiger partial charge in [-0.3, -0.25) is 4.79 Å². The highest BCUT2D eigenvalue weighted by molar-refractivity contribution is 6.24. The third-order valence-electron chi connectivity index (χ3n) is 8.45. The Kier molecular flexibility index (Phi) is 6.13. The molecule has 206 valence electrons. The molecule has 0 spiro atoms. The molecule has 0 radical (unpaired) electrons. The Balaban J connectivity index is 1.57. The van der Waals surface area contributed by atoms with Gasteiger partial charge in [-0.25, -0.2) is 9.59 Å². The van der Waals surface area contributed by atoms with Crippen molar-refractivity contribution in [3.05, 3.63) is 93.4 Å². The lowest BCUT2D eigenvalue weighted by molar-refractivity contribution is -0.433. The first-order valence-electron chi connectivity index (χ1n) is 13.3. The van der Waals surface area contributed by atoms with Crippen molar-refractivity contribution in [2.45, 2.75) is 52.4 Å². The van der Waals surface area contributed by atoms with Crippen LogP contribution in [0.25, 0.3) is 0 Å². The molecule has 3 aliphatic rings. The maximum absolute atomic E-state index is 13.4. The van der Waals surface area contributed by atoms with Crippen LogP contribution in [0.3, 0.4) is 0 Å². The lowest BCUT2D eigenvalue weighted by atomic mass is 9.77. The number of allylic oxidation sites excluding steroid dienone is 5. The number of benzene rings is 2. The zero-order valence-corrected chi connectivity index (χ0v) is 23.5. The van der Waals surface area contributed by atoms with Crippen LogP contribution in [0.1, 0.15) is 73.4 Å². The summed E-state index contributed by atoms with van der Waals surface area (Å²) in [4.78, 5) is 38.6. The van der Waals surface area contributed by atoms with Gasteiger partial charge in [0.2, 0.25) is 5.69 Å². The number of carbonyl (C=O) groups is 3. The highest BCUT2D eigenvalue weighted by atomic mass is 16.4. The van der Waals surface area contributed by atoms with Crippen LogP contribution in [0.2, 0.25) is 0 Å². The Labute approximate surface area is 232 Å². The lowest BCUT2D eigenvalue weighted by Crippen LogP contribution is -2.35. The van der Waals surface area contributed by atoms with Crippen LogP contribution in [0.4, 0.5) is 11.4 Å². The van der Waals surface area contributed by atoms with Gasteiger partial charge in [0.1, 0.15) is 6.54 Å². The molecule has 0 saturated carbocycles. The topological polar surface area (TPSA) is 121 Å². The first kappa shape index (κ1) is 27.1. The van der Waals surface area contributed by atoms with Gasteiger partial charge in [0.15, 0.2) is 11.5 Å². The van der Waals surface area contributed by atoms with Crippen molar-refractivity contribution in [1.82, 2.24) is 0 Å². The number of nitrogens with zero attached hydrogens (tertiary/aromatic N) is 2. The van der Waals surface area contributed by atoms with Gasteiger partial charge in [0.05, 0.1) is 16.5 Å². The lowest BCUT2D eigenvalue weighted by Gasteiger charge is -2.32. The molecule has 2 N–H and O–H groups in total. The third-order valence-corrected chi connectivity index (χ3v) is 8.45. The van der Waals surface area contributed by atoms with Crippen LogP contribution in [0, 0.1) is 0 Å². The van der Waals surface area contributed by atoms with Crippen molar-refractivity contribution in [3.63, 3.8) is 0 Å². The van der Waals surface area contributed by atoms with Crippen molar-refractivity contribution in [3.8, 4) is 0 Å². The second kappa shape index (κ2) is 9.05. The second-order valence-corrected chi connectivity index (χ2v) is 11.4. The zero-order valence-electron chi connectivity index (χ0n) is 23.5. The molecular formula is C32H32N2O6. The second-order valence-electron chi connectivity index (χ2n) is 11.4. The predicted molar refractivity (Wildman–Crippen MR) is 150 cm³/mol. The summed E-state index contributed by atoms with van der Waals surface area (Å²) in [6.45, 7) is 12.9. The first-order chi connectivity index (χ1) is 18.7. The van der Waals surface area contributed by atoms with Gasteiger partial charge in [0.25, 0.3) is 0 Å². The Morgan fingerprint density at radius 1 is 0.925 bits per heavy atom. The molecule has 0 amide bonds. The molecule has 2 aromatic carbocycles. The minimum absolute atomic E-state index is 0.101. The molecule has 2 aliphatic heterocycles. The Morgan fingerprint density at radius 2 is 1.52 bits per heavy atom. The van der Waals surface area contributed by atoms with Crippen LogP contribution >= 0.6 is 0 Å². The van der Waals surface area contributed by atoms with Gasteiger partial charge in [0, 0.05) is 52.2 Å². The van der Waals surface area contributed by atoms with Crippen molar-refractivity contribution in [2.24, 2.45) is 0 Å². The van der Waals surface area contributed by atoms with Gasteiger partial charge >= 0.3 is 11.9 Å². The van der Waals surface area contributed by atoms with Crippen LogP contribution < -0.4 is 10.0 Å². The maximum Gasteiger partial charge on any atom is 0.335 e. The molecule has 5 rings (SSSR count). The number of carboxylic acid groups (broad SMARTS) is 2. The van der Waals surface area contributed by atoms with E-state index in [4.69, 9.17) is 0 Å². The standard InChI is InChI=1S/C32H32N2O6/c1-7-33-23-11-9-17(29(37)38)13-21(23)31(3,4)25(33)15-19-27(35)20(28(19)36)16-26-32(5,6)22-14-18(30(39)40)10-12-24(22)34(26)8-2/h9-16H,7-8H2,1-6H3,(H2-,35,36,37,38,39,40). The first-order valence-corrected chi connectivity index (χ1v) is 13.3. The van der Waals surface area contributed by atoms with Crippen molar-refractivity contribution < 1.29 is 34.3 Å². The predicted octanol–water partition coefficient (Wildman–Crippen LogP) is 4.30. The smallest absolute Gasteiger partial charge is 0.335 e. The number of likely N-dealkylation sites (N-methyl/N-ethyl adjacent to an activating group) is 1. The summed E-state index contributed by atoms with van der Waals surface area (Å²) >= 11 is 0.